The van der Waals surface area contributed by atoms with E-state index in [1.54, 1.807) is 12.3 Å². The fourth-order valence-electron chi connectivity index (χ4n) is 5.17. The molecule has 1 aromatic heterocycles. The Hall–Kier alpha value is -2.76. The Morgan fingerprint density at radius 1 is 1.30 bits per heavy atom. The van der Waals surface area contributed by atoms with Crippen LogP contribution in [0.4, 0.5) is 22.1 Å². The van der Waals surface area contributed by atoms with Gasteiger partial charge in [0, 0.05) is 29.8 Å². The van der Waals surface area contributed by atoms with Crippen molar-refractivity contribution < 1.29 is 19.1 Å². The van der Waals surface area contributed by atoms with Gasteiger partial charge in [-0.1, -0.05) is 36.4 Å². The van der Waals surface area contributed by atoms with Crippen LogP contribution in [-0.4, -0.2) is 59.4 Å². The average Bonchev–Trinajstić information content (AvgIpc) is 3.16. The van der Waals surface area contributed by atoms with Crippen LogP contribution in [0.25, 0.3) is 0 Å². The summed E-state index contributed by atoms with van der Waals surface area (Å²) in [6.45, 7) is 11.5. The third-order valence-electron chi connectivity index (χ3n) is 7.19. The minimum Gasteiger partial charge on any atom is -0.444 e. The maximum atomic E-state index is 12.5. The van der Waals surface area contributed by atoms with Gasteiger partial charge in [-0.15, -0.1) is 0 Å². The van der Waals surface area contributed by atoms with Crippen molar-refractivity contribution >= 4 is 52.7 Å². The summed E-state index contributed by atoms with van der Waals surface area (Å²) in [7, 11) is 0. The van der Waals surface area contributed by atoms with E-state index in [1.165, 1.54) is 11.8 Å². The number of nitrogens with one attached hydrogen (secondary N) is 2. The molecule has 218 valence electrons. The summed E-state index contributed by atoms with van der Waals surface area (Å²) in [5.41, 5.74) is 6.15. The van der Waals surface area contributed by atoms with Crippen molar-refractivity contribution in [3.63, 3.8) is 0 Å². The summed E-state index contributed by atoms with van der Waals surface area (Å²) in [4.78, 5) is 36.7. The summed E-state index contributed by atoms with van der Waals surface area (Å²) >= 11 is 7.88. The Morgan fingerprint density at radius 3 is 2.67 bits per heavy atom. The monoisotopic (exact) mass is 590 g/mol. The van der Waals surface area contributed by atoms with Crippen LogP contribution in [-0.2, 0) is 14.3 Å². The average molecular weight is 591 g/mol. The van der Waals surface area contributed by atoms with Crippen molar-refractivity contribution in [1.29, 1.82) is 0 Å². The number of alkyl carbamates (subject to hydrolysis) is 1. The van der Waals surface area contributed by atoms with Crippen molar-refractivity contribution in [2.45, 2.75) is 88.0 Å². The van der Waals surface area contributed by atoms with E-state index in [-0.39, 0.29) is 23.5 Å². The lowest BCUT2D eigenvalue weighted by atomic mass is 9.73. The molecule has 10 nitrogen and oxygen atoms in total. The van der Waals surface area contributed by atoms with Crippen LogP contribution in [0.3, 0.4) is 0 Å². The molecule has 2 saturated heterocycles. The van der Waals surface area contributed by atoms with E-state index < -0.39 is 11.7 Å². The van der Waals surface area contributed by atoms with E-state index in [4.69, 9.17) is 26.8 Å². The second kappa shape index (κ2) is 12.4. The van der Waals surface area contributed by atoms with Crippen LogP contribution in [0.15, 0.2) is 34.3 Å². The van der Waals surface area contributed by atoms with Crippen LogP contribution < -0.4 is 21.3 Å². The lowest BCUT2D eigenvalue weighted by Crippen LogP contribution is -2.55. The number of anilines is 3. The number of nitrogens with two attached hydrogens (primary N) is 1. The molecule has 2 fully saturated rings. The first-order valence-electron chi connectivity index (χ1n) is 13.7. The van der Waals surface area contributed by atoms with Gasteiger partial charge in [0.25, 0.3) is 0 Å². The number of rotatable bonds is 7. The highest BCUT2D eigenvalue weighted by Crippen LogP contribution is 2.43. The summed E-state index contributed by atoms with van der Waals surface area (Å²) in [6, 6.07) is 5.32. The first kappa shape index (κ1) is 30.2. The van der Waals surface area contributed by atoms with Crippen molar-refractivity contribution in [2.75, 3.05) is 35.6 Å². The van der Waals surface area contributed by atoms with Crippen LogP contribution in [0, 0.1) is 5.41 Å². The highest BCUT2D eigenvalue weighted by molar-refractivity contribution is 7.99. The minimum atomic E-state index is -0.564. The van der Waals surface area contributed by atoms with Gasteiger partial charge in [0.2, 0.25) is 5.91 Å². The first-order valence-corrected chi connectivity index (χ1v) is 14.8. The minimum absolute atomic E-state index is 0.0796. The number of hydrogen-bond acceptors (Lipinski definition) is 9. The zero-order valence-electron chi connectivity index (χ0n) is 23.8. The lowest BCUT2D eigenvalue weighted by Gasteiger charge is -2.43. The quantitative estimate of drug-likeness (QED) is 0.382. The van der Waals surface area contributed by atoms with Gasteiger partial charge in [0.1, 0.15) is 16.4 Å². The summed E-state index contributed by atoms with van der Waals surface area (Å²) < 4.78 is 11.5. The zero-order valence-corrected chi connectivity index (χ0v) is 25.3. The molecule has 12 heteroatoms. The van der Waals surface area contributed by atoms with E-state index in [1.807, 2.05) is 46.8 Å². The van der Waals surface area contributed by atoms with E-state index in [0.29, 0.717) is 40.4 Å². The molecule has 0 radical (unpaired) electrons. The number of carbonyl (C=O) groups is 2. The van der Waals surface area contributed by atoms with Gasteiger partial charge in [-0.2, -0.15) is 0 Å². The van der Waals surface area contributed by atoms with Crippen LogP contribution in [0.5, 0.6) is 0 Å². The van der Waals surface area contributed by atoms with Crippen molar-refractivity contribution in [1.82, 2.24) is 15.3 Å². The topological polar surface area (TPSA) is 132 Å². The fourth-order valence-corrected chi connectivity index (χ4v) is 6.27. The lowest BCUT2D eigenvalue weighted by molar-refractivity contribution is -0.116. The summed E-state index contributed by atoms with van der Waals surface area (Å²) in [5.74, 6) is 0.928. The van der Waals surface area contributed by atoms with E-state index in [9.17, 15) is 9.59 Å². The second-order valence-corrected chi connectivity index (χ2v) is 12.8. The maximum absolute atomic E-state index is 12.5. The Bertz CT molecular complexity index is 1230. The Kier molecular flexibility index (Phi) is 9.36. The fraction of sp³-hybridized carbons (Fsp3) is 0.571. The molecular formula is C28H39ClN6O4S. The molecule has 4 N–H and O–H groups in total. The molecule has 3 heterocycles. The van der Waals surface area contributed by atoms with Crippen LogP contribution in [0.2, 0.25) is 5.02 Å². The van der Waals surface area contributed by atoms with E-state index >= 15 is 0 Å². The molecule has 1 aromatic carbocycles. The number of ether oxygens (including phenoxy) is 2. The van der Waals surface area contributed by atoms with Gasteiger partial charge in [-0.3, -0.25) is 4.79 Å². The predicted octanol–water partition coefficient (Wildman–Crippen LogP) is 5.50. The highest BCUT2D eigenvalue weighted by atomic mass is 35.5. The van der Waals surface area contributed by atoms with Crippen molar-refractivity contribution in [2.24, 2.45) is 5.41 Å². The Balaban J connectivity index is 1.40. The number of benzene rings is 1. The Labute approximate surface area is 245 Å². The van der Waals surface area contributed by atoms with Gasteiger partial charge in [-0.25, -0.2) is 14.8 Å². The van der Waals surface area contributed by atoms with Crippen LogP contribution >= 0.6 is 23.4 Å². The molecule has 0 bridgehead atoms. The molecule has 2 aromatic rings. The largest absolute Gasteiger partial charge is 0.444 e. The Morgan fingerprint density at radius 2 is 2.02 bits per heavy atom. The van der Waals surface area contributed by atoms with Gasteiger partial charge in [0.05, 0.1) is 35.7 Å². The number of carbonyl (C=O) groups excluding carboxylic acids is 2. The molecule has 1 spiro atoms. The number of hydrogen-bond donors (Lipinski definition) is 3. The molecule has 4 rings (SSSR count). The van der Waals surface area contributed by atoms with Crippen molar-refractivity contribution in [3.05, 3.63) is 29.4 Å². The second-order valence-electron chi connectivity index (χ2n) is 11.4. The molecule has 0 unspecified atom stereocenters. The highest BCUT2D eigenvalue weighted by Gasteiger charge is 2.50. The van der Waals surface area contributed by atoms with E-state index in [2.05, 4.69) is 25.5 Å². The number of halogens is 1. The maximum Gasteiger partial charge on any atom is 0.407 e. The molecule has 2 atom stereocenters. The number of amides is 2. The summed E-state index contributed by atoms with van der Waals surface area (Å²) in [6.07, 6.45) is 4.03. The van der Waals surface area contributed by atoms with Gasteiger partial charge in [0.15, 0.2) is 5.82 Å². The smallest absolute Gasteiger partial charge is 0.407 e. The predicted molar refractivity (Wildman–Crippen MR) is 158 cm³/mol. The third-order valence-corrected chi connectivity index (χ3v) is 8.78. The van der Waals surface area contributed by atoms with Gasteiger partial charge in [-0.05, 0) is 59.1 Å². The molecule has 40 heavy (non-hydrogen) atoms. The number of piperidine rings is 1. The normalized spacial score (nSPS) is 20.4. The first-order chi connectivity index (χ1) is 18.9. The standard InChI is InChI=1S/C28H39ClN6O4S/c1-6-8-21(36)32-18-9-7-10-19(22(18)29)40-25-24(30)33-20(15-31-25)35-13-11-28(12-14-35)16-38-17(2)23(28)34-26(37)39-27(3,4)5/h7,9-10,15,17,23H,6,8,11-14,16H2,1-5H3,(H2,30,33)(H,32,36)(H,34,37)/t17-,23+/m0/s1. The molecule has 2 aliphatic rings. The molecule has 0 saturated carbocycles. The van der Waals surface area contributed by atoms with Gasteiger partial charge >= 0.3 is 6.09 Å². The number of nitrogens with zero attached hydrogens (tertiary/aromatic N) is 3. The number of nitrogen functional groups attached to an aromatic ring is 1. The van der Waals surface area contributed by atoms with E-state index in [0.717, 1.165) is 37.2 Å². The molecular weight excluding hydrogens is 552 g/mol. The third kappa shape index (κ3) is 7.11. The summed E-state index contributed by atoms with van der Waals surface area (Å²) in [5, 5.41) is 6.90. The molecule has 2 amide bonds. The van der Waals surface area contributed by atoms with Crippen molar-refractivity contribution in [3.8, 4) is 0 Å². The number of aromatic nitrogens is 2. The molecule has 2 aliphatic heterocycles. The van der Waals surface area contributed by atoms with Crippen LogP contribution in [0.1, 0.15) is 60.3 Å². The zero-order chi connectivity index (χ0) is 29.1. The SMILES string of the molecule is CCCC(=O)Nc1cccc(Sc2ncc(N3CCC4(CC3)CO[C@@H](C)[C@H]4NC(=O)OC(C)(C)C)nc2N)c1Cl. The molecule has 0 aliphatic carbocycles. The van der Waals surface area contributed by atoms with Gasteiger partial charge < -0.3 is 30.7 Å².